The molecular weight excluding hydrogens is 497 g/mol. The molecule has 0 aliphatic rings. The second-order valence-corrected chi connectivity index (χ2v) is 8.97. The van der Waals surface area contributed by atoms with E-state index in [4.69, 9.17) is 14.9 Å². The molecule has 200 valence electrons. The fraction of sp³-hybridized carbons (Fsp3) is 0.267. The lowest BCUT2D eigenvalue weighted by Gasteiger charge is -2.15. The Balaban J connectivity index is 1.73. The quantitative estimate of drug-likeness (QED) is 0.228. The van der Waals surface area contributed by atoms with Crippen LogP contribution in [0.2, 0.25) is 0 Å². The summed E-state index contributed by atoms with van der Waals surface area (Å²) >= 11 is 0. The maximum atomic E-state index is 12.4. The molecule has 38 heavy (non-hydrogen) atoms. The number of benzene rings is 3. The van der Waals surface area contributed by atoms with Crippen LogP contribution in [0.25, 0.3) is 6.08 Å². The minimum Gasteiger partial charge on any atom is -0.493 e. The van der Waals surface area contributed by atoms with Gasteiger partial charge in [-0.2, -0.15) is 13.2 Å². The normalized spacial score (nSPS) is 12.4. The van der Waals surface area contributed by atoms with Crippen molar-refractivity contribution in [3.05, 3.63) is 107 Å². The van der Waals surface area contributed by atoms with Crippen LogP contribution in [0.1, 0.15) is 56.7 Å². The molecule has 1 atom stereocenters. The Kier molecular flexibility index (Phi) is 10.1. The molecular formula is C30H29F3O5. The molecule has 0 radical (unpaired) electrons. The maximum Gasteiger partial charge on any atom is 0.389 e. The van der Waals surface area contributed by atoms with Gasteiger partial charge in [-0.25, -0.2) is 9.59 Å². The van der Waals surface area contributed by atoms with E-state index in [9.17, 15) is 22.8 Å². The van der Waals surface area contributed by atoms with Gasteiger partial charge in [0, 0.05) is 12.0 Å². The van der Waals surface area contributed by atoms with Crippen molar-refractivity contribution in [1.82, 2.24) is 0 Å². The summed E-state index contributed by atoms with van der Waals surface area (Å²) in [6, 6.07) is 20.5. The summed E-state index contributed by atoms with van der Waals surface area (Å²) in [5, 5.41) is 18.3. The smallest absolute Gasteiger partial charge is 0.389 e. The van der Waals surface area contributed by atoms with Crippen LogP contribution in [-0.4, -0.2) is 34.9 Å². The Bertz CT molecular complexity index is 1230. The van der Waals surface area contributed by atoms with Crippen molar-refractivity contribution < 1.29 is 37.7 Å². The molecule has 0 heterocycles. The summed E-state index contributed by atoms with van der Waals surface area (Å²) < 4.78 is 42.9. The van der Waals surface area contributed by atoms with E-state index in [1.807, 2.05) is 24.3 Å². The molecule has 0 spiro atoms. The molecule has 3 aromatic rings. The highest BCUT2D eigenvalue weighted by molar-refractivity contribution is 5.88. The first kappa shape index (κ1) is 28.5. The SMILES string of the molecule is O=C(O)c1ccc(CCC(/C=C/c2ccccc2OCCCC(F)(F)F)Cc2ccc(C(=O)O)cc2)cc1. The van der Waals surface area contributed by atoms with Crippen molar-refractivity contribution >= 4 is 18.0 Å². The van der Waals surface area contributed by atoms with Crippen molar-refractivity contribution in [2.75, 3.05) is 6.61 Å². The van der Waals surface area contributed by atoms with Crippen LogP contribution < -0.4 is 4.74 Å². The molecule has 1 unspecified atom stereocenters. The standard InChI is InChI=1S/C30H29F3O5/c31-30(32,33)18-3-19-38-27-5-2-1-4-24(27)13-10-22(20-23-11-16-26(17-12-23)29(36)37)7-6-21-8-14-25(15-9-21)28(34)35/h1-2,4-5,8-17,22H,3,6-7,18-20H2,(H,34,35)(H,36,37)/b13-10+. The minimum absolute atomic E-state index is 0.0445. The van der Waals surface area contributed by atoms with Crippen LogP contribution in [0.3, 0.4) is 0 Å². The van der Waals surface area contributed by atoms with E-state index in [-0.39, 0.29) is 30.1 Å². The molecule has 0 saturated heterocycles. The molecule has 3 aromatic carbocycles. The largest absolute Gasteiger partial charge is 0.493 e. The van der Waals surface area contributed by atoms with E-state index >= 15 is 0 Å². The number of carboxylic acid groups (broad SMARTS) is 2. The monoisotopic (exact) mass is 526 g/mol. The molecule has 0 bridgehead atoms. The molecule has 0 aliphatic heterocycles. The molecule has 0 aliphatic carbocycles. The van der Waals surface area contributed by atoms with Gasteiger partial charge in [0.1, 0.15) is 5.75 Å². The topological polar surface area (TPSA) is 83.8 Å². The highest BCUT2D eigenvalue weighted by atomic mass is 19.4. The van der Waals surface area contributed by atoms with Crippen LogP contribution in [0.4, 0.5) is 13.2 Å². The number of aryl methyl sites for hydroxylation is 1. The maximum absolute atomic E-state index is 12.4. The van der Waals surface area contributed by atoms with Gasteiger partial charge >= 0.3 is 18.1 Å². The van der Waals surface area contributed by atoms with Crippen molar-refractivity contribution in [3.63, 3.8) is 0 Å². The lowest BCUT2D eigenvalue weighted by Crippen LogP contribution is -2.10. The van der Waals surface area contributed by atoms with Gasteiger partial charge in [0.15, 0.2) is 0 Å². The van der Waals surface area contributed by atoms with Crippen molar-refractivity contribution in [1.29, 1.82) is 0 Å². The summed E-state index contributed by atoms with van der Waals surface area (Å²) in [6.45, 7) is -0.0456. The molecule has 0 aromatic heterocycles. The second-order valence-electron chi connectivity index (χ2n) is 8.97. The van der Waals surface area contributed by atoms with Gasteiger partial charge in [0.25, 0.3) is 0 Å². The average molecular weight is 527 g/mol. The van der Waals surface area contributed by atoms with Gasteiger partial charge in [-0.1, -0.05) is 54.6 Å². The number of carbonyl (C=O) groups is 2. The molecule has 2 N–H and O–H groups in total. The number of hydrogen-bond donors (Lipinski definition) is 2. The van der Waals surface area contributed by atoms with E-state index < -0.39 is 24.5 Å². The van der Waals surface area contributed by atoms with Gasteiger partial charge in [0.2, 0.25) is 0 Å². The summed E-state index contributed by atoms with van der Waals surface area (Å²) in [6.07, 6.45) is 0.733. The van der Waals surface area contributed by atoms with Crippen LogP contribution in [0.15, 0.2) is 78.9 Å². The Morgan fingerprint density at radius 3 is 2.00 bits per heavy atom. The minimum atomic E-state index is -4.22. The van der Waals surface area contributed by atoms with E-state index in [1.54, 1.807) is 60.7 Å². The van der Waals surface area contributed by atoms with E-state index in [1.165, 1.54) is 0 Å². The number of halogens is 3. The zero-order valence-corrected chi connectivity index (χ0v) is 20.7. The van der Waals surface area contributed by atoms with Gasteiger partial charge in [-0.3, -0.25) is 0 Å². The molecule has 5 nitrogen and oxygen atoms in total. The number of alkyl halides is 3. The highest BCUT2D eigenvalue weighted by Gasteiger charge is 2.26. The number of rotatable bonds is 13. The van der Waals surface area contributed by atoms with E-state index in [0.717, 1.165) is 23.1 Å². The second kappa shape index (κ2) is 13.5. The lowest BCUT2D eigenvalue weighted by molar-refractivity contribution is -0.136. The zero-order chi connectivity index (χ0) is 27.5. The number of hydrogen-bond acceptors (Lipinski definition) is 3. The van der Waals surface area contributed by atoms with Gasteiger partial charge in [0.05, 0.1) is 17.7 Å². The van der Waals surface area contributed by atoms with Gasteiger partial charge < -0.3 is 14.9 Å². The highest BCUT2D eigenvalue weighted by Crippen LogP contribution is 2.25. The Hall–Kier alpha value is -4.07. The summed E-state index contributed by atoms with van der Waals surface area (Å²) in [5.41, 5.74) is 3.12. The van der Waals surface area contributed by atoms with Crippen LogP contribution in [0.5, 0.6) is 5.75 Å². The van der Waals surface area contributed by atoms with E-state index in [0.29, 0.717) is 18.6 Å². The fourth-order valence-electron chi connectivity index (χ4n) is 3.96. The summed E-state index contributed by atoms with van der Waals surface area (Å²) in [5.74, 6) is -1.44. The average Bonchev–Trinajstić information content (AvgIpc) is 2.88. The summed E-state index contributed by atoms with van der Waals surface area (Å²) in [4.78, 5) is 22.3. The third-order valence-corrected chi connectivity index (χ3v) is 6.03. The molecule has 0 amide bonds. The van der Waals surface area contributed by atoms with E-state index in [2.05, 4.69) is 0 Å². The van der Waals surface area contributed by atoms with Crippen LogP contribution >= 0.6 is 0 Å². The lowest BCUT2D eigenvalue weighted by atomic mass is 9.91. The Morgan fingerprint density at radius 2 is 1.42 bits per heavy atom. The van der Waals surface area contributed by atoms with Crippen molar-refractivity contribution in [2.24, 2.45) is 5.92 Å². The number of ether oxygens (including phenoxy) is 1. The first-order valence-electron chi connectivity index (χ1n) is 12.2. The Morgan fingerprint density at radius 1 is 0.842 bits per heavy atom. The molecule has 0 fully saturated rings. The number of allylic oxidation sites excluding steroid dienone is 1. The summed E-state index contributed by atoms with van der Waals surface area (Å²) in [7, 11) is 0. The molecule has 3 rings (SSSR count). The predicted molar refractivity (Wildman–Crippen MR) is 139 cm³/mol. The van der Waals surface area contributed by atoms with Crippen molar-refractivity contribution in [3.8, 4) is 5.75 Å². The van der Waals surface area contributed by atoms with Crippen LogP contribution in [-0.2, 0) is 12.8 Å². The number of para-hydroxylation sites is 1. The Labute approximate surface area is 219 Å². The van der Waals surface area contributed by atoms with Crippen LogP contribution in [0, 0.1) is 5.92 Å². The first-order chi connectivity index (χ1) is 18.1. The predicted octanol–water partition coefficient (Wildman–Crippen LogP) is 7.31. The third-order valence-electron chi connectivity index (χ3n) is 6.03. The number of carboxylic acids is 2. The molecule has 8 heteroatoms. The third kappa shape index (κ3) is 9.42. The van der Waals surface area contributed by atoms with Gasteiger partial charge in [-0.05, 0) is 73.1 Å². The van der Waals surface area contributed by atoms with Gasteiger partial charge in [-0.15, -0.1) is 0 Å². The zero-order valence-electron chi connectivity index (χ0n) is 20.7. The first-order valence-corrected chi connectivity index (χ1v) is 12.2. The fourth-order valence-corrected chi connectivity index (χ4v) is 3.96. The molecule has 0 saturated carbocycles. The number of aromatic carboxylic acids is 2. The van der Waals surface area contributed by atoms with Crippen molar-refractivity contribution in [2.45, 2.75) is 38.3 Å².